The van der Waals surface area contributed by atoms with Gasteiger partial charge in [0.25, 0.3) is 0 Å². The van der Waals surface area contributed by atoms with E-state index in [1.165, 1.54) is 11.1 Å². The van der Waals surface area contributed by atoms with Gasteiger partial charge in [-0.3, -0.25) is 5.01 Å². The first kappa shape index (κ1) is 6.88. The fourth-order valence-electron chi connectivity index (χ4n) is 0.585. The van der Waals surface area contributed by atoms with Crippen molar-refractivity contribution in [1.82, 2.24) is 5.16 Å². The Morgan fingerprint density at radius 2 is 2.60 bits per heavy atom. The van der Waals surface area contributed by atoms with Gasteiger partial charge in [0.15, 0.2) is 5.82 Å². The van der Waals surface area contributed by atoms with E-state index in [0.29, 0.717) is 12.4 Å². The van der Waals surface area contributed by atoms with Crippen LogP contribution in [0.5, 0.6) is 0 Å². The second-order valence-corrected chi connectivity index (χ2v) is 1.84. The number of nitrogens with zero attached hydrogens (tertiary/aromatic N) is 1. The van der Waals surface area contributed by atoms with Gasteiger partial charge in [-0.25, -0.2) is 15.8 Å². The molecule has 0 fully saturated rings. The molecule has 0 amide bonds. The maximum Gasteiger partial charge on any atom is 0.359 e. The minimum Gasteiger partial charge on any atom is -0.337 e. The van der Waals surface area contributed by atoms with Crippen molar-refractivity contribution in [3.05, 3.63) is 16.5 Å². The first-order valence-corrected chi connectivity index (χ1v) is 2.94. The fraction of sp³-hybridized carbons (Fsp3) is 0.400. The van der Waals surface area contributed by atoms with Gasteiger partial charge in [0.1, 0.15) is 0 Å². The van der Waals surface area contributed by atoms with E-state index in [9.17, 15) is 4.79 Å². The highest BCUT2D eigenvalue weighted by molar-refractivity contribution is 5.32. The smallest absolute Gasteiger partial charge is 0.337 e. The van der Waals surface area contributed by atoms with Crippen molar-refractivity contribution in [2.45, 2.75) is 6.92 Å². The highest BCUT2D eigenvalue weighted by atomic mass is 16.5. The zero-order valence-corrected chi connectivity index (χ0v) is 5.63. The van der Waals surface area contributed by atoms with Crippen molar-refractivity contribution in [3.8, 4) is 0 Å². The molecule has 0 atom stereocenters. The molecule has 1 aromatic heterocycles. The number of nitrogens with one attached hydrogen (secondary N) is 1. The normalized spacial score (nSPS) is 9.80. The second kappa shape index (κ2) is 2.57. The molecular weight excluding hydrogens is 134 g/mol. The van der Waals surface area contributed by atoms with Crippen LogP contribution in [0.3, 0.4) is 0 Å². The van der Waals surface area contributed by atoms with Crippen molar-refractivity contribution >= 4 is 5.82 Å². The molecule has 0 unspecified atom stereocenters. The molecule has 1 aromatic rings. The zero-order chi connectivity index (χ0) is 7.56. The van der Waals surface area contributed by atoms with Crippen LogP contribution in [-0.4, -0.2) is 11.7 Å². The Morgan fingerprint density at radius 1 is 1.90 bits per heavy atom. The van der Waals surface area contributed by atoms with E-state index in [0.717, 1.165) is 0 Å². The molecule has 0 saturated heterocycles. The Labute approximate surface area is 57.4 Å². The lowest BCUT2D eigenvalue weighted by atomic mass is 10.6. The Kier molecular flexibility index (Phi) is 1.77. The molecule has 0 bridgehead atoms. The molecule has 56 valence electrons. The number of hydrogen-bond donors (Lipinski definition) is 2. The summed E-state index contributed by atoms with van der Waals surface area (Å²) in [4.78, 5) is 10.4. The molecule has 5 heteroatoms. The quantitative estimate of drug-likeness (QED) is 0.439. The average molecular weight is 143 g/mol. The Bertz CT molecular complexity index is 251. The maximum absolute atomic E-state index is 10.4. The molecular formula is C5H9N3O2. The van der Waals surface area contributed by atoms with Crippen molar-refractivity contribution in [2.75, 3.05) is 11.6 Å². The number of anilines is 1. The summed E-state index contributed by atoms with van der Waals surface area (Å²) >= 11 is 0. The van der Waals surface area contributed by atoms with Crippen molar-refractivity contribution < 1.29 is 4.52 Å². The van der Waals surface area contributed by atoms with Crippen LogP contribution in [0.4, 0.5) is 5.82 Å². The van der Waals surface area contributed by atoms with E-state index in [-0.39, 0.29) is 0 Å². The summed E-state index contributed by atoms with van der Waals surface area (Å²) < 4.78 is 4.39. The van der Waals surface area contributed by atoms with Gasteiger partial charge < -0.3 is 4.52 Å². The van der Waals surface area contributed by atoms with Gasteiger partial charge in [0.2, 0.25) is 0 Å². The highest BCUT2D eigenvalue weighted by Crippen LogP contribution is 1.99. The molecule has 0 spiro atoms. The minimum absolute atomic E-state index is 0.418. The summed E-state index contributed by atoms with van der Waals surface area (Å²) in [6.45, 7) is 2.49. The monoisotopic (exact) mass is 143 g/mol. The summed E-state index contributed by atoms with van der Waals surface area (Å²) in [5.41, 5.74) is -0.418. The molecule has 1 heterocycles. The van der Waals surface area contributed by atoms with Crippen molar-refractivity contribution in [1.29, 1.82) is 0 Å². The predicted molar refractivity (Wildman–Crippen MR) is 36.5 cm³/mol. The van der Waals surface area contributed by atoms with Crippen LogP contribution in [0.15, 0.2) is 15.4 Å². The molecule has 1 rings (SSSR count). The lowest BCUT2D eigenvalue weighted by Crippen LogP contribution is -2.30. The Balaban J connectivity index is 2.84. The third-order valence-corrected chi connectivity index (χ3v) is 1.16. The van der Waals surface area contributed by atoms with E-state index in [4.69, 9.17) is 5.84 Å². The topological polar surface area (TPSA) is 75.3 Å². The van der Waals surface area contributed by atoms with E-state index in [1.807, 2.05) is 6.92 Å². The summed E-state index contributed by atoms with van der Waals surface area (Å²) in [6, 6.07) is 1.30. The minimum atomic E-state index is -0.418. The highest BCUT2D eigenvalue weighted by Gasteiger charge is 2.00. The molecule has 10 heavy (non-hydrogen) atoms. The lowest BCUT2D eigenvalue weighted by molar-refractivity contribution is 0.391. The van der Waals surface area contributed by atoms with E-state index in [2.05, 4.69) is 9.68 Å². The zero-order valence-electron chi connectivity index (χ0n) is 5.63. The number of H-pyrrole nitrogens is 1. The molecule has 0 saturated carbocycles. The van der Waals surface area contributed by atoms with Gasteiger partial charge in [-0.15, -0.1) is 0 Å². The van der Waals surface area contributed by atoms with Crippen LogP contribution in [-0.2, 0) is 0 Å². The van der Waals surface area contributed by atoms with Crippen LogP contribution >= 0.6 is 0 Å². The third-order valence-electron chi connectivity index (χ3n) is 1.16. The van der Waals surface area contributed by atoms with E-state index >= 15 is 0 Å². The molecule has 0 aliphatic rings. The van der Waals surface area contributed by atoms with Gasteiger partial charge in [0, 0.05) is 6.54 Å². The second-order valence-electron chi connectivity index (χ2n) is 1.84. The van der Waals surface area contributed by atoms with Crippen molar-refractivity contribution in [2.24, 2.45) is 5.84 Å². The number of rotatable bonds is 2. The van der Waals surface area contributed by atoms with Crippen LogP contribution in [0.25, 0.3) is 0 Å². The largest absolute Gasteiger partial charge is 0.359 e. The summed E-state index contributed by atoms with van der Waals surface area (Å²) in [6.07, 6.45) is 0. The van der Waals surface area contributed by atoms with Crippen LogP contribution in [0.1, 0.15) is 6.92 Å². The van der Waals surface area contributed by atoms with Gasteiger partial charge in [0.05, 0.1) is 6.07 Å². The Morgan fingerprint density at radius 3 is 3.00 bits per heavy atom. The standard InChI is InChI=1S/C5H9N3O2/c1-2-8(6)4-3-5(9)10-7-4/h3,7H,2,6H2,1H3. The molecule has 0 radical (unpaired) electrons. The first-order chi connectivity index (χ1) is 4.74. The molecule has 3 N–H and O–H groups in total. The molecule has 0 aliphatic heterocycles. The Hall–Kier alpha value is -1.23. The number of hydrazine groups is 1. The van der Waals surface area contributed by atoms with Crippen LogP contribution in [0.2, 0.25) is 0 Å². The fourth-order valence-corrected chi connectivity index (χ4v) is 0.585. The number of nitrogens with two attached hydrogens (primary N) is 1. The number of aromatic nitrogens is 1. The molecule has 0 aliphatic carbocycles. The van der Waals surface area contributed by atoms with Gasteiger partial charge >= 0.3 is 5.63 Å². The third kappa shape index (κ3) is 1.19. The maximum atomic E-state index is 10.4. The van der Waals surface area contributed by atoms with Crippen molar-refractivity contribution in [3.63, 3.8) is 0 Å². The SMILES string of the molecule is CCN(N)c1cc(=O)o[nH]1. The summed E-state index contributed by atoms with van der Waals surface area (Å²) in [5, 5.41) is 3.75. The van der Waals surface area contributed by atoms with Gasteiger partial charge in [-0.2, -0.15) is 0 Å². The van der Waals surface area contributed by atoms with Gasteiger partial charge in [-0.1, -0.05) is 0 Å². The van der Waals surface area contributed by atoms with Crippen LogP contribution < -0.4 is 16.5 Å². The first-order valence-electron chi connectivity index (χ1n) is 2.94. The van der Waals surface area contributed by atoms with E-state index < -0.39 is 5.63 Å². The van der Waals surface area contributed by atoms with E-state index in [1.54, 1.807) is 0 Å². The number of aromatic amines is 1. The lowest BCUT2D eigenvalue weighted by Gasteiger charge is -2.10. The van der Waals surface area contributed by atoms with Crippen LogP contribution in [0, 0.1) is 0 Å². The molecule has 5 nitrogen and oxygen atoms in total. The average Bonchev–Trinajstić information content (AvgIpc) is 2.34. The number of hydrogen-bond acceptors (Lipinski definition) is 4. The predicted octanol–water partition coefficient (Wildman–Crippen LogP) is -0.332. The summed E-state index contributed by atoms with van der Waals surface area (Å²) in [5.74, 6) is 5.90. The van der Waals surface area contributed by atoms with Gasteiger partial charge in [-0.05, 0) is 6.92 Å². The molecule has 0 aromatic carbocycles. The summed E-state index contributed by atoms with van der Waals surface area (Å²) in [7, 11) is 0.